The molecule has 0 saturated heterocycles. The Morgan fingerprint density at radius 1 is 1.64 bits per heavy atom. The Balaban J connectivity index is 0.00000169. The zero-order valence-electron chi connectivity index (χ0n) is 7.93. The second-order valence-electron chi connectivity index (χ2n) is 2.82. The molecule has 0 spiro atoms. The minimum absolute atomic E-state index is 0. The maximum absolute atomic E-state index is 11.1. The summed E-state index contributed by atoms with van der Waals surface area (Å²) < 4.78 is 22.3. The van der Waals surface area contributed by atoms with E-state index in [0.29, 0.717) is 0 Å². The molecule has 0 bridgehead atoms. The number of sulfone groups is 1. The summed E-state index contributed by atoms with van der Waals surface area (Å²) in [5, 5.41) is 0. The first-order valence-electron chi connectivity index (χ1n) is 3.86. The zero-order chi connectivity index (χ0) is 10.1. The zero-order valence-corrected chi connectivity index (χ0v) is 10.4. The molecule has 1 aromatic heterocycles. The van der Waals surface area contributed by atoms with Gasteiger partial charge in [-0.1, -0.05) is 6.92 Å². The highest BCUT2D eigenvalue weighted by Crippen LogP contribution is 2.23. The van der Waals surface area contributed by atoms with Crippen molar-refractivity contribution in [2.24, 2.45) is 5.73 Å². The van der Waals surface area contributed by atoms with Gasteiger partial charge in [-0.25, -0.2) is 13.4 Å². The average Bonchev–Trinajstić information content (AvgIpc) is 2.50. The first-order chi connectivity index (χ1) is 5.95. The van der Waals surface area contributed by atoms with Crippen LogP contribution >= 0.6 is 23.7 Å². The minimum Gasteiger partial charge on any atom is -0.323 e. The maximum Gasteiger partial charge on any atom is 0.209 e. The third-order valence-corrected chi connectivity index (χ3v) is 4.45. The predicted octanol–water partition coefficient (Wildman–Crippen LogP) is 1.38. The lowest BCUT2D eigenvalue weighted by Gasteiger charge is -2.02. The van der Waals surface area contributed by atoms with Crippen molar-refractivity contribution in [1.82, 2.24) is 4.98 Å². The largest absolute Gasteiger partial charge is 0.323 e. The predicted molar refractivity (Wildman–Crippen MR) is 59.7 cm³/mol. The van der Waals surface area contributed by atoms with Crippen molar-refractivity contribution in [3.05, 3.63) is 11.1 Å². The summed E-state index contributed by atoms with van der Waals surface area (Å²) in [7, 11) is -3.17. The number of aromatic nitrogens is 1. The quantitative estimate of drug-likeness (QED) is 0.887. The number of halogens is 1. The van der Waals surface area contributed by atoms with Gasteiger partial charge in [0.25, 0.3) is 0 Å². The normalized spacial score (nSPS) is 13.4. The summed E-state index contributed by atoms with van der Waals surface area (Å²) in [5.74, 6) is 0. The molecule has 0 fully saturated rings. The molecule has 0 aliphatic rings. The van der Waals surface area contributed by atoms with E-state index >= 15 is 0 Å². The smallest absolute Gasteiger partial charge is 0.209 e. The van der Waals surface area contributed by atoms with Crippen molar-refractivity contribution in [2.75, 3.05) is 6.26 Å². The van der Waals surface area contributed by atoms with Gasteiger partial charge < -0.3 is 5.73 Å². The first kappa shape index (κ1) is 13.8. The molecular formula is C7H13ClN2O2S2. The van der Waals surface area contributed by atoms with Crippen LogP contribution in [0.4, 0.5) is 0 Å². The average molecular weight is 257 g/mol. The SMILES string of the molecule is CC[C@H](N)c1cnc(S(C)(=O)=O)s1.Cl. The summed E-state index contributed by atoms with van der Waals surface area (Å²) in [6.45, 7) is 1.95. The highest BCUT2D eigenvalue weighted by Gasteiger charge is 2.15. The molecule has 7 heteroatoms. The van der Waals surface area contributed by atoms with E-state index in [1.54, 1.807) is 0 Å². The van der Waals surface area contributed by atoms with Gasteiger partial charge >= 0.3 is 0 Å². The van der Waals surface area contributed by atoms with Crippen LogP contribution in [0.1, 0.15) is 24.3 Å². The van der Waals surface area contributed by atoms with Crippen LogP contribution in [0.5, 0.6) is 0 Å². The molecule has 2 N–H and O–H groups in total. The number of hydrogen-bond donors (Lipinski definition) is 1. The van der Waals surface area contributed by atoms with Gasteiger partial charge in [-0.2, -0.15) is 0 Å². The molecular weight excluding hydrogens is 244 g/mol. The Morgan fingerprint density at radius 3 is 2.57 bits per heavy atom. The topological polar surface area (TPSA) is 73.0 Å². The van der Waals surface area contributed by atoms with Gasteiger partial charge in [0.1, 0.15) is 0 Å². The molecule has 4 nitrogen and oxygen atoms in total. The van der Waals surface area contributed by atoms with Crippen LogP contribution in [0.25, 0.3) is 0 Å². The van der Waals surface area contributed by atoms with Crippen LogP contribution in [-0.2, 0) is 9.84 Å². The number of hydrogen-bond acceptors (Lipinski definition) is 5. The molecule has 14 heavy (non-hydrogen) atoms. The van der Waals surface area contributed by atoms with Crippen molar-refractivity contribution < 1.29 is 8.42 Å². The first-order valence-corrected chi connectivity index (χ1v) is 6.57. The molecule has 1 heterocycles. The van der Waals surface area contributed by atoms with Gasteiger partial charge in [-0.15, -0.1) is 23.7 Å². The third-order valence-electron chi connectivity index (χ3n) is 1.62. The molecule has 1 atom stereocenters. The van der Waals surface area contributed by atoms with Crippen LogP contribution in [0, 0.1) is 0 Å². The Labute approximate surface area is 93.9 Å². The summed E-state index contributed by atoms with van der Waals surface area (Å²) in [5.41, 5.74) is 5.73. The minimum atomic E-state index is -3.17. The van der Waals surface area contributed by atoms with Crippen LogP contribution in [-0.4, -0.2) is 19.7 Å². The second kappa shape index (κ2) is 5.06. The molecule has 1 aromatic rings. The number of rotatable bonds is 3. The Hall–Kier alpha value is -0.170. The fourth-order valence-electron chi connectivity index (χ4n) is 0.814. The number of thiazole rings is 1. The van der Waals surface area contributed by atoms with Gasteiger partial charge in [0.2, 0.25) is 14.2 Å². The van der Waals surface area contributed by atoms with E-state index in [9.17, 15) is 8.42 Å². The van der Waals surface area contributed by atoms with E-state index in [2.05, 4.69) is 4.98 Å². The Morgan fingerprint density at radius 2 is 2.21 bits per heavy atom. The highest BCUT2D eigenvalue weighted by molar-refractivity contribution is 7.92. The molecule has 0 unspecified atom stereocenters. The number of nitrogens with zero attached hydrogens (tertiary/aromatic N) is 1. The van der Waals surface area contributed by atoms with E-state index < -0.39 is 9.84 Å². The molecule has 1 rings (SSSR count). The summed E-state index contributed by atoms with van der Waals surface area (Å²) in [6, 6.07) is -0.104. The molecule has 0 aliphatic heterocycles. The van der Waals surface area contributed by atoms with Crippen LogP contribution in [0.2, 0.25) is 0 Å². The van der Waals surface area contributed by atoms with E-state index in [0.717, 1.165) is 28.9 Å². The molecule has 82 valence electrons. The monoisotopic (exact) mass is 256 g/mol. The van der Waals surface area contributed by atoms with Crippen LogP contribution < -0.4 is 5.73 Å². The van der Waals surface area contributed by atoms with E-state index in [1.165, 1.54) is 6.20 Å². The van der Waals surface area contributed by atoms with Crippen molar-refractivity contribution in [2.45, 2.75) is 23.7 Å². The standard InChI is InChI=1S/C7H12N2O2S2.ClH/c1-3-5(8)6-4-9-7(12-6)13(2,10)11;/h4-5H,3,8H2,1-2H3;1H/t5-;/m0./s1. The second-order valence-corrected chi connectivity index (χ2v) is 6.07. The highest BCUT2D eigenvalue weighted by atomic mass is 35.5. The lowest BCUT2D eigenvalue weighted by atomic mass is 10.2. The van der Waals surface area contributed by atoms with E-state index in [1.807, 2.05) is 6.92 Å². The van der Waals surface area contributed by atoms with Crippen molar-refractivity contribution >= 4 is 33.6 Å². The Bertz CT molecular complexity index is 388. The van der Waals surface area contributed by atoms with E-state index in [4.69, 9.17) is 5.73 Å². The molecule has 0 amide bonds. The van der Waals surface area contributed by atoms with Gasteiger partial charge in [0, 0.05) is 23.4 Å². The van der Waals surface area contributed by atoms with Crippen molar-refractivity contribution in [3.8, 4) is 0 Å². The van der Waals surface area contributed by atoms with Gasteiger partial charge in [0.15, 0.2) is 0 Å². The third kappa shape index (κ3) is 3.20. The fourth-order valence-corrected chi connectivity index (χ4v) is 2.68. The summed E-state index contributed by atoms with van der Waals surface area (Å²) in [4.78, 5) is 4.63. The lowest BCUT2D eigenvalue weighted by molar-refractivity contribution is 0.601. The van der Waals surface area contributed by atoms with Gasteiger partial charge in [-0.3, -0.25) is 0 Å². The molecule has 0 aliphatic carbocycles. The van der Waals surface area contributed by atoms with Gasteiger partial charge in [0.05, 0.1) is 0 Å². The van der Waals surface area contributed by atoms with Gasteiger partial charge in [-0.05, 0) is 6.42 Å². The van der Waals surface area contributed by atoms with Crippen LogP contribution in [0.15, 0.2) is 10.5 Å². The summed E-state index contributed by atoms with van der Waals surface area (Å²) in [6.07, 6.45) is 3.47. The number of nitrogens with two attached hydrogens (primary N) is 1. The molecule has 0 aromatic carbocycles. The van der Waals surface area contributed by atoms with Crippen LogP contribution in [0.3, 0.4) is 0 Å². The summed E-state index contributed by atoms with van der Waals surface area (Å²) >= 11 is 1.15. The maximum atomic E-state index is 11.1. The van der Waals surface area contributed by atoms with E-state index in [-0.39, 0.29) is 22.8 Å². The molecule has 0 radical (unpaired) electrons. The molecule has 0 saturated carbocycles. The fraction of sp³-hybridized carbons (Fsp3) is 0.571. The van der Waals surface area contributed by atoms with Crippen molar-refractivity contribution in [3.63, 3.8) is 0 Å². The Kier molecular flexibility index (Phi) is 5.00. The van der Waals surface area contributed by atoms with Crippen molar-refractivity contribution in [1.29, 1.82) is 0 Å². The lowest BCUT2D eigenvalue weighted by Crippen LogP contribution is -2.06.